The smallest absolute Gasteiger partial charge is 0.410 e. The highest BCUT2D eigenvalue weighted by Crippen LogP contribution is 2.41. The molecule has 0 saturated carbocycles. The zero-order valence-electron chi connectivity index (χ0n) is 23.8. The SMILES string of the molecule is CC(C)c1c(CN(C(=O)OC(C)(C)C)C(C)C)cnc(F)c1C#C[Si](C(C)C)(C(C)C)C(C)C. The molecule has 1 aromatic heterocycles. The highest BCUT2D eigenvalue weighted by atomic mass is 28.3. The fourth-order valence-electron chi connectivity index (χ4n) is 5.01. The maximum atomic E-state index is 15.1. The maximum Gasteiger partial charge on any atom is 0.410 e. The van der Waals surface area contributed by atoms with Crippen LogP contribution in [-0.2, 0) is 11.3 Å². The lowest BCUT2D eigenvalue weighted by molar-refractivity contribution is 0.0171. The fourth-order valence-corrected chi connectivity index (χ4v) is 10.2. The van der Waals surface area contributed by atoms with E-state index in [4.69, 9.17) is 4.74 Å². The maximum absolute atomic E-state index is 15.1. The first-order valence-electron chi connectivity index (χ1n) is 12.7. The van der Waals surface area contributed by atoms with Crippen molar-refractivity contribution in [3.05, 3.63) is 28.8 Å². The van der Waals surface area contributed by atoms with Crippen LogP contribution in [0.4, 0.5) is 9.18 Å². The molecule has 34 heavy (non-hydrogen) atoms. The van der Waals surface area contributed by atoms with Gasteiger partial charge in [0.25, 0.3) is 0 Å². The van der Waals surface area contributed by atoms with Crippen LogP contribution in [0.3, 0.4) is 0 Å². The van der Waals surface area contributed by atoms with Gasteiger partial charge in [0, 0.05) is 12.2 Å². The molecule has 0 radical (unpaired) electrons. The van der Waals surface area contributed by atoms with Crippen LogP contribution in [-0.4, -0.2) is 35.7 Å². The first-order valence-corrected chi connectivity index (χ1v) is 14.9. The molecule has 0 aromatic carbocycles. The molecule has 0 spiro atoms. The predicted octanol–water partition coefficient (Wildman–Crippen LogP) is 8.06. The summed E-state index contributed by atoms with van der Waals surface area (Å²) in [6.07, 6.45) is 1.16. The van der Waals surface area contributed by atoms with Crippen LogP contribution >= 0.6 is 0 Å². The van der Waals surface area contributed by atoms with Crippen LogP contribution in [0.1, 0.15) is 113 Å². The Morgan fingerprint density at radius 3 is 1.91 bits per heavy atom. The Labute approximate surface area is 209 Å². The van der Waals surface area contributed by atoms with Gasteiger partial charge in [-0.3, -0.25) is 0 Å². The number of rotatable bonds is 7. The molecular formula is C28H47FN2O2Si. The van der Waals surface area contributed by atoms with Gasteiger partial charge < -0.3 is 9.64 Å². The van der Waals surface area contributed by atoms with E-state index in [1.54, 1.807) is 11.1 Å². The van der Waals surface area contributed by atoms with Crippen molar-refractivity contribution < 1.29 is 13.9 Å². The Morgan fingerprint density at radius 2 is 1.53 bits per heavy atom. The number of aromatic nitrogens is 1. The molecule has 1 rings (SSSR count). The van der Waals surface area contributed by atoms with Crippen molar-refractivity contribution in [2.75, 3.05) is 0 Å². The molecule has 0 bridgehead atoms. The van der Waals surface area contributed by atoms with Crippen molar-refractivity contribution in [2.45, 2.75) is 131 Å². The molecular weight excluding hydrogens is 443 g/mol. The molecule has 6 heteroatoms. The molecule has 0 saturated heterocycles. The second kappa shape index (κ2) is 11.7. The third kappa shape index (κ3) is 7.07. The molecule has 0 fully saturated rings. The van der Waals surface area contributed by atoms with Gasteiger partial charge in [-0.2, -0.15) is 4.39 Å². The van der Waals surface area contributed by atoms with Gasteiger partial charge in [0.05, 0.1) is 12.1 Å². The van der Waals surface area contributed by atoms with E-state index in [1.165, 1.54) is 0 Å². The Bertz CT molecular complexity index is 884. The molecule has 1 amide bonds. The van der Waals surface area contributed by atoms with Crippen LogP contribution in [0.2, 0.25) is 16.6 Å². The molecule has 0 atom stereocenters. The highest BCUT2D eigenvalue weighted by molar-refractivity contribution is 6.90. The van der Waals surface area contributed by atoms with Crippen molar-refractivity contribution >= 4 is 14.2 Å². The summed E-state index contributed by atoms with van der Waals surface area (Å²) in [5.41, 5.74) is 6.41. The van der Waals surface area contributed by atoms with Crippen LogP contribution in [0.5, 0.6) is 0 Å². The summed E-state index contributed by atoms with van der Waals surface area (Å²) in [6, 6.07) is -0.0858. The molecule has 4 nitrogen and oxygen atoms in total. The zero-order valence-corrected chi connectivity index (χ0v) is 24.8. The van der Waals surface area contributed by atoms with Crippen molar-refractivity contribution in [1.82, 2.24) is 9.88 Å². The van der Waals surface area contributed by atoms with Crippen LogP contribution in [0, 0.1) is 17.4 Å². The Morgan fingerprint density at radius 1 is 1.03 bits per heavy atom. The lowest BCUT2D eigenvalue weighted by Crippen LogP contribution is -2.43. The number of carbonyl (C=O) groups is 1. The molecule has 0 aliphatic rings. The van der Waals surface area contributed by atoms with Gasteiger partial charge in [0.2, 0.25) is 5.95 Å². The number of hydrogen-bond acceptors (Lipinski definition) is 3. The summed E-state index contributed by atoms with van der Waals surface area (Å²) in [7, 11) is -2.04. The first kappa shape index (κ1) is 30.2. The van der Waals surface area contributed by atoms with Gasteiger partial charge in [-0.15, -0.1) is 5.54 Å². The van der Waals surface area contributed by atoms with Gasteiger partial charge in [0.1, 0.15) is 13.7 Å². The average Bonchev–Trinajstić information content (AvgIpc) is 2.65. The minimum Gasteiger partial charge on any atom is -0.444 e. The molecule has 1 aromatic rings. The second-order valence-electron chi connectivity index (χ2n) is 11.9. The van der Waals surface area contributed by atoms with Gasteiger partial charge in [-0.25, -0.2) is 9.78 Å². The van der Waals surface area contributed by atoms with Crippen LogP contribution in [0.15, 0.2) is 6.20 Å². The number of halogens is 1. The molecule has 1 heterocycles. The number of amides is 1. The third-order valence-corrected chi connectivity index (χ3v) is 12.9. The van der Waals surface area contributed by atoms with Gasteiger partial charge in [0.15, 0.2) is 0 Å². The summed E-state index contributed by atoms with van der Waals surface area (Å²) in [5, 5.41) is 0. The summed E-state index contributed by atoms with van der Waals surface area (Å²) >= 11 is 0. The molecule has 0 aliphatic heterocycles. The minimum atomic E-state index is -2.04. The van der Waals surface area contributed by atoms with E-state index >= 15 is 4.39 Å². The Balaban J connectivity index is 3.67. The number of ether oxygens (including phenoxy) is 1. The molecule has 0 N–H and O–H groups in total. The van der Waals surface area contributed by atoms with E-state index in [0.29, 0.717) is 28.7 Å². The third-order valence-electron chi connectivity index (χ3n) is 6.59. The van der Waals surface area contributed by atoms with Crippen molar-refractivity contribution in [3.63, 3.8) is 0 Å². The van der Waals surface area contributed by atoms with Crippen molar-refractivity contribution in [3.8, 4) is 11.5 Å². The highest BCUT2D eigenvalue weighted by Gasteiger charge is 2.42. The number of hydrogen-bond donors (Lipinski definition) is 0. The van der Waals surface area contributed by atoms with E-state index in [0.717, 1.165) is 11.1 Å². The van der Waals surface area contributed by atoms with Crippen molar-refractivity contribution in [2.24, 2.45) is 0 Å². The summed E-state index contributed by atoms with van der Waals surface area (Å²) in [6.45, 7) is 27.3. The monoisotopic (exact) mass is 490 g/mol. The van der Waals surface area contributed by atoms with E-state index in [2.05, 4.69) is 58.0 Å². The molecule has 0 aliphatic carbocycles. The first-order chi connectivity index (χ1) is 15.5. The summed E-state index contributed by atoms with van der Waals surface area (Å²) < 4.78 is 20.8. The number of pyridine rings is 1. The Hall–Kier alpha value is -1.87. The van der Waals surface area contributed by atoms with Gasteiger partial charge in [-0.1, -0.05) is 61.3 Å². The summed E-state index contributed by atoms with van der Waals surface area (Å²) in [4.78, 5) is 18.6. The van der Waals surface area contributed by atoms with E-state index in [9.17, 15) is 4.79 Å². The van der Waals surface area contributed by atoms with Gasteiger partial charge >= 0.3 is 6.09 Å². The summed E-state index contributed by atoms with van der Waals surface area (Å²) in [5.74, 6) is 2.79. The van der Waals surface area contributed by atoms with E-state index in [-0.39, 0.29) is 18.1 Å². The largest absolute Gasteiger partial charge is 0.444 e. The quantitative estimate of drug-likeness (QED) is 0.220. The topological polar surface area (TPSA) is 42.4 Å². The fraction of sp³-hybridized carbons (Fsp3) is 0.714. The lowest BCUT2D eigenvalue weighted by atomic mass is 9.93. The van der Waals surface area contributed by atoms with Gasteiger partial charge in [-0.05, 0) is 68.3 Å². The standard InChI is InChI=1S/C28H47FN2O2Si/c1-18(2)25-23(17-31(19(3)4)27(32)33-28(11,12)13)16-30-26(29)24(25)14-15-34(20(5)6,21(7)8)22(9)10/h16,18-22H,17H2,1-13H3. The average molecular weight is 491 g/mol. The Kier molecular flexibility index (Phi) is 10.4. The minimum absolute atomic E-state index is 0.0256. The number of carbonyl (C=O) groups excluding carboxylic acids is 1. The normalized spacial score (nSPS) is 12.6. The predicted molar refractivity (Wildman–Crippen MR) is 143 cm³/mol. The zero-order chi connectivity index (χ0) is 26.6. The second-order valence-corrected chi connectivity index (χ2v) is 17.4. The van der Waals surface area contributed by atoms with Crippen LogP contribution < -0.4 is 0 Å². The van der Waals surface area contributed by atoms with E-state index in [1.807, 2.05) is 48.5 Å². The molecule has 192 valence electrons. The molecule has 0 unspecified atom stereocenters. The van der Waals surface area contributed by atoms with Crippen molar-refractivity contribution in [1.29, 1.82) is 0 Å². The lowest BCUT2D eigenvalue weighted by Gasteiger charge is -2.38. The van der Waals surface area contributed by atoms with Crippen LogP contribution in [0.25, 0.3) is 0 Å². The van der Waals surface area contributed by atoms with E-state index < -0.39 is 19.6 Å². The number of nitrogens with zero attached hydrogens (tertiary/aromatic N) is 2.